The number of amides is 2. The monoisotopic (exact) mass is 304 g/mol. The minimum absolute atomic E-state index is 0.173. The SMILES string of the molecule is O=C(NC[C@@H]1CCC[C@@H]1O)Nc1ccccc1OCC1CC1. The molecule has 2 saturated carbocycles. The topological polar surface area (TPSA) is 70.6 Å². The third-order valence-corrected chi connectivity index (χ3v) is 4.45. The van der Waals surface area contributed by atoms with Gasteiger partial charge in [0.15, 0.2) is 0 Å². The van der Waals surface area contributed by atoms with E-state index >= 15 is 0 Å². The Kier molecular flexibility index (Phi) is 4.83. The van der Waals surface area contributed by atoms with E-state index in [9.17, 15) is 9.90 Å². The fourth-order valence-electron chi connectivity index (χ4n) is 2.83. The number of benzene rings is 1. The summed E-state index contributed by atoms with van der Waals surface area (Å²) in [5, 5.41) is 15.5. The molecule has 0 bridgehead atoms. The maximum atomic E-state index is 12.0. The second kappa shape index (κ2) is 7.01. The van der Waals surface area contributed by atoms with Crippen molar-refractivity contribution in [3.05, 3.63) is 24.3 Å². The molecular weight excluding hydrogens is 280 g/mol. The van der Waals surface area contributed by atoms with Crippen LogP contribution in [0.1, 0.15) is 32.1 Å². The number of para-hydroxylation sites is 2. The van der Waals surface area contributed by atoms with Gasteiger partial charge in [0, 0.05) is 12.5 Å². The van der Waals surface area contributed by atoms with Crippen molar-refractivity contribution in [1.29, 1.82) is 0 Å². The predicted octanol–water partition coefficient (Wildman–Crippen LogP) is 2.76. The van der Waals surface area contributed by atoms with Gasteiger partial charge in [-0.15, -0.1) is 0 Å². The zero-order valence-electron chi connectivity index (χ0n) is 12.8. The quantitative estimate of drug-likeness (QED) is 0.757. The fraction of sp³-hybridized carbons (Fsp3) is 0.588. The first kappa shape index (κ1) is 15.2. The molecule has 0 aliphatic heterocycles. The molecule has 2 fully saturated rings. The molecule has 120 valence electrons. The van der Waals surface area contributed by atoms with Gasteiger partial charge in [-0.1, -0.05) is 18.6 Å². The Bertz CT molecular complexity index is 516. The number of carbonyl (C=O) groups is 1. The van der Waals surface area contributed by atoms with E-state index in [0.717, 1.165) is 19.3 Å². The number of nitrogens with one attached hydrogen (secondary N) is 2. The summed E-state index contributed by atoms with van der Waals surface area (Å²) >= 11 is 0. The lowest BCUT2D eigenvalue weighted by Crippen LogP contribution is -2.35. The molecule has 0 unspecified atom stereocenters. The van der Waals surface area contributed by atoms with Crippen molar-refractivity contribution >= 4 is 11.7 Å². The van der Waals surface area contributed by atoms with Gasteiger partial charge < -0.3 is 20.5 Å². The fourth-order valence-corrected chi connectivity index (χ4v) is 2.83. The highest BCUT2D eigenvalue weighted by Crippen LogP contribution is 2.31. The maximum Gasteiger partial charge on any atom is 0.319 e. The average molecular weight is 304 g/mol. The molecule has 5 nitrogen and oxygen atoms in total. The molecule has 0 radical (unpaired) electrons. The van der Waals surface area contributed by atoms with Gasteiger partial charge in [-0.25, -0.2) is 4.79 Å². The van der Waals surface area contributed by atoms with Crippen molar-refractivity contribution in [1.82, 2.24) is 5.32 Å². The Morgan fingerprint density at radius 1 is 1.23 bits per heavy atom. The van der Waals surface area contributed by atoms with Crippen LogP contribution in [0, 0.1) is 11.8 Å². The molecule has 22 heavy (non-hydrogen) atoms. The van der Waals surface area contributed by atoms with E-state index in [4.69, 9.17) is 4.74 Å². The number of ether oxygens (including phenoxy) is 1. The highest BCUT2D eigenvalue weighted by Gasteiger charge is 2.25. The molecule has 2 atom stereocenters. The Labute approximate surface area is 131 Å². The highest BCUT2D eigenvalue weighted by atomic mass is 16.5. The van der Waals surface area contributed by atoms with Crippen LogP contribution in [-0.4, -0.2) is 30.4 Å². The average Bonchev–Trinajstić information content (AvgIpc) is 3.26. The summed E-state index contributed by atoms with van der Waals surface area (Å²) < 4.78 is 5.77. The lowest BCUT2D eigenvalue weighted by Gasteiger charge is -2.16. The third-order valence-electron chi connectivity index (χ3n) is 4.45. The van der Waals surface area contributed by atoms with Crippen molar-refractivity contribution in [3.63, 3.8) is 0 Å². The molecule has 0 heterocycles. The van der Waals surface area contributed by atoms with Gasteiger partial charge in [-0.05, 0) is 43.7 Å². The van der Waals surface area contributed by atoms with Crippen LogP contribution in [0.25, 0.3) is 0 Å². The molecule has 2 amide bonds. The number of hydrogen-bond donors (Lipinski definition) is 3. The van der Waals surface area contributed by atoms with Crippen LogP contribution in [0.15, 0.2) is 24.3 Å². The normalized spacial score (nSPS) is 24.0. The number of aliphatic hydroxyl groups excluding tert-OH is 1. The minimum atomic E-state index is -0.283. The summed E-state index contributed by atoms with van der Waals surface area (Å²) in [6.07, 6.45) is 5.04. The van der Waals surface area contributed by atoms with Crippen LogP contribution in [0.2, 0.25) is 0 Å². The third kappa shape index (κ3) is 4.13. The molecule has 5 heteroatoms. The Hall–Kier alpha value is -1.75. The van der Waals surface area contributed by atoms with Gasteiger partial charge in [-0.3, -0.25) is 0 Å². The zero-order chi connectivity index (χ0) is 15.4. The van der Waals surface area contributed by atoms with E-state index in [1.165, 1.54) is 12.8 Å². The van der Waals surface area contributed by atoms with Gasteiger partial charge >= 0.3 is 6.03 Å². The molecule has 0 spiro atoms. The van der Waals surface area contributed by atoms with Gasteiger partial charge in [0.05, 0.1) is 18.4 Å². The van der Waals surface area contributed by atoms with Crippen molar-refractivity contribution in [2.75, 3.05) is 18.5 Å². The molecule has 0 saturated heterocycles. The standard InChI is InChI=1S/C17H24N2O3/c20-15-6-3-4-13(15)10-18-17(21)19-14-5-1-2-7-16(14)22-11-12-8-9-12/h1-2,5,7,12-13,15,20H,3-4,6,8-11H2,(H2,18,19,21)/t13-,15-/m0/s1. The Balaban J connectivity index is 1.49. The minimum Gasteiger partial charge on any atom is -0.491 e. The van der Waals surface area contributed by atoms with Gasteiger partial charge in [-0.2, -0.15) is 0 Å². The second-order valence-corrected chi connectivity index (χ2v) is 6.34. The molecule has 3 N–H and O–H groups in total. The van der Waals surface area contributed by atoms with Gasteiger partial charge in [0.25, 0.3) is 0 Å². The van der Waals surface area contributed by atoms with Gasteiger partial charge in [0.2, 0.25) is 0 Å². The first-order chi connectivity index (χ1) is 10.7. The molecule has 1 aromatic carbocycles. The number of rotatable bonds is 6. The van der Waals surface area contributed by atoms with Crippen LogP contribution < -0.4 is 15.4 Å². The first-order valence-corrected chi connectivity index (χ1v) is 8.17. The maximum absolute atomic E-state index is 12.0. The summed E-state index contributed by atoms with van der Waals surface area (Å²) in [7, 11) is 0. The lowest BCUT2D eigenvalue weighted by molar-refractivity contribution is 0.133. The Morgan fingerprint density at radius 2 is 2.05 bits per heavy atom. The number of anilines is 1. The summed E-state index contributed by atoms with van der Waals surface area (Å²) in [6.45, 7) is 1.23. The van der Waals surface area contributed by atoms with E-state index in [1.54, 1.807) is 0 Å². The van der Waals surface area contributed by atoms with Crippen LogP contribution in [-0.2, 0) is 0 Å². The molecule has 0 aromatic heterocycles. The van der Waals surface area contributed by atoms with Crippen molar-refractivity contribution in [3.8, 4) is 5.75 Å². The summed E-state index contributed by atoms with van der Waals surface area (Å²) in [5.74, 6) is 1.56. The first-order valence-electron chi connectivity index (χ1n) is 8.17. The van der Waals surface area contributed by atoms with Gasteiger partial charge in [0.1, 0.15) is 5.75 Å². The summed E-state index contributed by atoms with van der Waals surface area (Å²) in [6, 6.07) is 7.24. The smallest absolute Gasteiger partial charge is 0.319 e. The Morgan fingerprint density at radius 3 is 2.77 bits per heavy atom. The van der Waals surface area contributed by atoms with Crippen molar-refractivity contribution < 1.29 is 14.6 Å². The van der Waals surface area contributed by atoms with Crippen LogP contribution in [0.4, 0.5) is 10.5 Å². The predicted molar refractivity (Wildman–Crippen MR) is 85.0 cm³/mol. The number of carbonyl (C=O) groups excluding carboxylic acids is 1. The van der Waals surface area contributed by atoms with Crippen molar-refractivity contribution in [2.24, 2.45) is 11.8 Å². The second-order valence-electron chi connectivity index (χ2n) is 6.34. The highest BCUT2D eigenvalue weighted by molar-refractivity contribution is 5.90. The molecule has 2 aliphatic carbocycles. The van der Waals surface area contributed by atoms with E-state index in [0.29, 0.717) is 30.5 Å². The largest absolute Gasteiger partial charge is 0.491 e. The van der Waals surface area contributed by atoms with Crippen LogP contribution >= 0.6 is 0 Å². The number of hydrogen-bond acceptors (Lipinski definition) is 3. The molecule has 3 rings (SSSR count). The number of urea groups is 1. The van der Waals surface area contributed by atoms with Crippen LogP contribution in [0.5, 0.6) is 5.75 Å². The van der Waals surface area contributed by atoms with E-state index < -0.39 is 0 Å². The van der Waals surface area contributed by atoms with E-state index in [-0.39, 0.29) is 18.1 Å². The molecule has 1 aromatic rings. The zero-order valence-corrected chi connectivity index (χ0v) is 12.8. The summed E-state index contributed by atoms with van der Waals surface area (Å²) in [5.41, 5.74) is 0.688. The van der Waals surface area contributed by atoms with Crippen LogP contribution in [0.3, 0.4) is 0 Å². The van der Waals surface area contributed by atoms with Crippen molar-refractivity contribution in [2.45, 2.75) is 38.2 Å². The lowest BCUT2D eigenvalue weighted by atomic mass is 10.1. The van der Waals surface area contributed by atoms with E-state index in [2.05, 4.69) is 10.6 Å². The molecule has 2 aliphatic rings. The number of aliphatic hydroxyl groups is 1. The van der Waals surface area contributed by atoms with E-state index in [1.807, 2.05) is 24.3 Å². The molecular formula is C17H24N2O3. The summed E-state index contributed by atoms with van der Waals surface area (Å²) in [4.78, 5) is 12.0.